The van der Waals surface area contributed by atoms with Gasteiger partial charge in [0.05, 0.1) is 6.61 Å². The van der Waals surface area contributed by atoms with E-state index in [0.717, 1.165) is 10.9 Å². The predicted octanol–water partition coefficient (Wildman–Crippen LogP) is 2.55. The third-order valence-electron chi connectivity index (χ3n) is 2.54. The number of benzene rings is 1. The van der Waals surface area contributed by atoms with Gasteiger partial charge in [0, 0.05) is 16.5 Å². The van der Waals surface area contributed by atoms with Crippen LogP contribution in [0.1, 0.15) is 34.7 Å². The minimum absolute atomic E-state index is 0.0231. The van der Waals surface area contributed by atoms with Crippen molar-refractivity contribution in [3.63, 3.8) is 0 Å². The second-order valence-corrected chi connectivity index (χ2v) is 3.73. The Morgan fingerprint density at radius 2 is 2.12 bits per heavy atom. The van der Waals surface area contributed by atoms with Crippen LogP contribution in [0.15, 0.2) is 24.3 Å². The van der Waals surface area contributed by atoms with Crippen LogP contribution in [0.2, 0.25) is 0 Å². The first-order valence-corrected chi connectivity index (χ1v) is 5.43. The molecule has 0 spiro atoms. The molecular formula is C13H13NO3. The van der Waals surface area contributed by atoms with E-state index in [1.165, 1.54) is 6.92 Å². The lowest BCUT2D eigenvalue weighted by atomic mass is 10.1. The number of Topliss-reactive ketones (excluding diaryl/α,β-unsaturated/α-hetero) is 1. The maximum atomic E-state index is 11.6. The lowest BCUT2D eigenvalue weighted by molar-refractivity contribution is 0.0520. The second-order valence-electron chi connectivity index (χ2n) is 3.73. The first-order chi connectivity index (χ1) is 8.13. The van der Waals surface area contributed by atoms with Crippen LogP contribution in [0.3, 0.4) is 0 Å². The van der Waals surface area contributed by atoms with E-state index in [-0.39, 0.29) is 5.78 Å². The molecule has 4 nitrogen and oxygen atoms in total. The summed E-state index contributed by atoms with van der Waals surface area (Å²) >= 11 is 0. The Labute approximate surface area is 98.6 Å². The average Bonchev–Trinajstić information content (AvgIpc) is 2.72. The number of hydrogen-bond donors (Lipinski definition) is 1. The van der Waals surface area contributed by atoms with Crippen molar-refractivity contribution in [3.05, 3.63) is 35.5 Å². The monoisotopic (exact) mass is 231 g/mol. The molecule has 0 aliphatic heterocycles. The number of carbonyl (C=O) groups is 2. The Bertz CT molecular complexity index is 583. The van der Waals surface area contributed by atoms with Gasteiger partial charge < -0.3 is 9.72 Å². The summed E-state index contributed by atoms with van der Waals surface area (Å²) in [4.78, 5) is 25.9. The second kappa shape index (κ2) is 4.41. The van der Waals surface area contributed by atoms with Gasteiger partial charge in [-0.1, -0.05) is 12.1 Å². The summed E-state index contributed by atoms with van der Waals surface area (Å²) in [6.45, 7) is 3.58. The van der Waals surface area contributed by atoms with Gasteiger partial charge in [0.2, 0.25) is 0 Å². The summed E-state index contributed by atoms with van der Waals surface area (Å²) < 4.78 is 4.90. The van der Waals surface area contributed by atoms with E-state index in [9.17, 15) is 9.59 Å². The molecule has 0 fully saturated rings. The van der Waals surface area contributed by atoms with Crippen LogP contribution in [-0.2, 0) is 4.74 Å². The molecule has 1 aromatic heterocycles. The van der Waals surface area contributed by atoms with E-state index in [4.69, 9.17) is 4.74 Å². The van der Waals surface area contributed by atoms with Crippen LogP contribution < -0.4 is 0 Å². The summed E-state index contributed by atoms with van der Waals surface area (Å²) in [6, 6.07) is 7.01. The van der Waals surface area contributed by atoms with Gasteiger partial charge in [0.25, 0.3) is 0 Å². The molecule has 2 aromatic rings. The number of aromatic nitrogens is 1. The van der Waals surface area contributed by atoms with Gasteiger partial charge >= 0.3 is 5.97 Å². The van der Waals surface area contributed by atoms with Gasteiger partial charge in [-0.3, -0.25) is 4.79 Å². The molecule has 0 saturated heterocycles. The van der Waals surface area contributed by atoms with Crippen LogP contribution in [0.4, 0.5) is 0 Å². The molecule has 0 atom stereocenters. The van der Waals surface area contributed by atoms with E-state index in [0.29, 0.717) is 17.9 Å². The Morgan fingerprint density at radius 1 is 1.35 bits per heavy atom. The highest BCUT2D eigenvalue weighted by atomic mass is 16.5. The van der Waals surface area contributed by atoms with Gasteiger partial charge in [-0.05, 0) is 26.0 Å². The zero-order valence-electron chi connectivity index (χ0n) is 9.74. The Morgan fingerprint density at radius 3 is 2.76 bits per heavy atom. The van der Waals surface area contributed by atoms with Crippen LogP contribution in [-0.4, -0.2) is 23.3 Å². The number of fused-ring (bicyclic) bond motifs is 1. The van der Waals surface area contributed by atoms with Crippen molar-refractivity contribution in [2.45, 2.75) is 13.8 Å². The van der Waals surface area contributed by atoms with Crippen LogP contribution >= 0.6 is 0 Å². The van der Waals surface area contributed by atoms with Gasteiger partial charge in [-0.15, -0.1) is 0 Å². The molecule has 1 heterocycles. The first-order valence-electron chi connectivity index (χ1n) is 5.43. The molecule has 1 aromatic carbocycles. The number of hydrogen-bond acceptors (Lipinski definition) is 3. The topological polar surface area (TPSA) is 59.2 Å². The fourth-order valence-corrected chi connectivity index (χ4v) is 1.78. The van der Waals surface area contributed by atoms with Crippen molar-refractivity contribution >= 4 is 22.7 Å². The highest BCUT2D eigenvalue weighted by molar-refractivity contribution is 6.08. The van der Waals surface area contributed by atoms with E-state index in [2.05, 4.69) is 4.98 Å². The molecule has 88 valence electrons. The van der Waals surface area contributed by atoms with E-state index < -0.39 is 5.97 Å². The maximum Gasteiger partial charge on any atom is 0.354 e. The first kappa shape index (κ1) is 11.4. The average molecular weight is 231 g/mol. The Balaban J connectivity index is 2.54. The summed E-state index contributed by atoms with van der Waals surface area (Å²) in [7, 11) is 0. The fraction of sp³-hybridized carbons (Fsp3) is 0.231. The molecule has 0 amide bonds. The number of H-pyrrole nitrogens is 1. The molecule has 0 radical (unpaired) electrons. The van der Waals surface area contributed by atoms with Gasteiger partial charge in [0.1, 0.15) is 5.69 Å². The molecule has 0 saturated carbocycles. The number of esters is 1. The third-order valence-corrected chi connectivity index (χ3v) is 2.54. The van der Waals surface area contributed by atoms with Crippen molar-refractivity contribution in [2.75, 3.05) is 6.61 Å². The maximum absolute atomic E-state index is 11.6. The predicted molar refractivity (Wildman–Crippen MR) is 64.3 cm³/mol. The normalized spacial score (nSPS) is 10.5. The molecule has 0 bridgehead atoms. The molecule has 1 N–H and O–H groups in total. The van der Waals surface area contributed by atoms with E-state index in [1.807, 2.05) is 6.07 Å². The highest BCUT2D eigenvalue weighted by Crippen LogP contribution is 2.20. The van der Waals surface area contributed by atoms with Gasteiger partial charge in [0.15, 0.2) is 5.78 Å². The van der Waals surface area contributed by atoms with Crippen molar-refractivity contribution in [1.82, 2.24) is 4.98 Å². The number of nitrogens with one attached hydrogen (secondary N) is 1. The molecule has 17 heavy (non-hydrogen) atoms. The molecule has 0 unspecified atom stereocenters. The molecule has 0 aliphatic carbocycles. The van der Waals surface area contributed by atoms with Crippen molar-refractivity contribution in [3.8, 4) is 0 Å². The van der Waals surface area contributed by atoms with Gasteiger partial charge in [-0.2, -0.15) is 0 Å². The lowest BCUT2D eigenvalue weighted by Gasteiger charge is -1.96. The zero-order valence-corrected chi connectivity index (χ0v) is 9.74. The standard InChI is InChI=1S/C13H13NO3/c1-3-17-13(16)12-7-10-9(8(2)15)5-4-6-11(10)14-12/h4-7,14H,3H2,1-2H3. The number of ether oxygens (including phenoxy) is 1. The van der Waals surface area contributed by atoms with Crippen LogP contribution in [0.5, 0.6) is 0 Å². The Kier molecular flexibility index (Phi) is 2.95. The minimum atomic E-state index is -0.404. The minimum Gasteiger partial charge on any atom is -0.461 e. The van der Waals surface area contributed by atoms with Crippen molar-refractivity contribution < 1.29 is 14.3 Å². The number of rotatable bonds is 3. The van der Waals surface area contributed by atoms with Crippen LogP contribution in [0, 0.1) is 0 Å². The number of aromatic amines is 1. The highest BCUT2D eigenvalue weighted by Gasteiger charge is 2.13. The molecule has 0 aliphatic rings. The van der Waals surface area contributed by atoms with E-state index >= 15 is 0 Å². The lowest BCUT2D eigenvalue weighted by Crippen LogP contribution is -2.04. The largest absolute Gasteiger partial charge is 0.461 e. The summed E-state index contributed by atoms with van der Waals surface area (Å²) in [5.41, 5.74) is 1.74. The fourth-order valence-electron chi connectivity index (χ4n) is 1.78. The number of carbonyl (C=O) groups excluding carboxylic acids is 2. The Hall–Kier alpha value is -2.10. The number of ketones is 1. The van der Waals surface area contributed by atoms with Crippen molar-refractivity contribution in [2.24, 2.45) is 0 Å². The van der Waals surface area contributed by atoms with Crippen LogP contribution in [0.25, 0.3) is 10.9 Å². The third kappa shape index (κ3) is 2.06. The molecular weight excluding hydrogens is 218 g/mol. The summed E-state index contributed by atoms with van der Waals surface area (Å²) in [5.74, 6) is -0.428. The van der Waals surface area contributed by atoms with E-state index in [1.54, 1.807) is 25.1 Å². The van der Waals surface area contributed by atoms with Gasteiger partial charge in [-0.25, -0.2) is 4.79 Å². The summed E-state index contributed by atoms with van der Waals surface area (Å²) in [6.07, 6.45) is 0. The SMILES string of the molecule is CCOC(=O)c1cc2c(C(C)=O)cccc2[nH]1. The smallest absolute Gasteiger partial charge is 0.354 e. The van der Waals surface area contributed by atoms with Crippen molar-refractivity contribution in [1.29, 1.82) is 0 Å². The quantitative estimate of drug-likeness (QED) is 0.652. The zero-order chi connectivity index (χ0) is 12.4. The summed E-state index contributed by atoms with van der Waals surface area (Å²) in [5, 5.41) is 0.753. The molecule has 2 rings (SSSR count). The molecule has 4 heteroatoms.